The SMILES string of the molecule is CCC1(O)CN(c2nccnc2C#N)C1. The topological polar surface area (TPSA) is 73.0 Å². The molecule has 0 saturated carbocycles. The Hall–Kier alpha value is -1.67. The molecule has 0 bridgehead atoms. The number of nitrogens with zero attached hydrogens (tertiary/aromatic N) is 4. The van der Waals surface area contributed by atoms with E-state index in [9.17, 15) is 5.11 Å². The molecule has 15 heavy (non-hydrogen) atoms. The molecule has 78 valence electrons. The van der Waals surface area contributed by atoms with Crippen molar-refractivity contribution in [2.45, 2.75) is 18.9 Å². The number of β-amino-alcohol motifs (C(OH)–C–C–N with tert-alkyl or cyclic N) is 1. The predicted molar refractivity (Wildman–Crippen MR) is 54.2 cm³/mol. The van der Waals surface area contributed by atoms with Crippen LogP contribution in [0.3, 0.4) is 0 Å². The summed E-state index contributed by atoms with van der Waals surface area (Å²) < 4.78 is 0. The maximum absolute atomic E-state index is 9.84. The van der Waals surface area contributed by atoms with E-state index in [1.54, 1.807) is 6.20 Å². The molecule has 1 N–H and O–H groups in total. The minimum atomic E-state index is -0.621. The fraction of sp³-hybridized carbons (Fsp3) is 0.500. The highest BCUT2D eigenvalue weighted by atomic mass is 16.3. The van der Waals surface area contributed by atoms with Gasteiger partial charge in [-0.15, -0.1) is 0 Å². The van der Waals surface area contributed by atoms with Crippen LogP contribution in [0.5, 0.6) is 0 Å². The summed E-state index contributed by atoms with van der Waals surface area (Å²) in [6.45, 7) is 2.99. The maximum atomic E-state index is 9.84. The summed E-state index contributed by atoms with van der Waals surface area (Å²) in [6.07, 6.45) is 3.76. The van der Waals surface area contributed by atoms with Crippen molar-refractivity contribution in [1.82, 2.24) is 9.97 Å². The Morgan fingerprint density at radius 2 is 2.20 bits per heavy atom. The third-order valence-corrected chi connectivity index (χ3v) is 2.71. The molecule has 0 aromatic carbocycles. The van der Waals surface area contributed by atoms with Crippen molar-refractivity contribution < 1.29 is 5.11 Å². The molecule has 0 spiro atoms. The summed E-state index contributed by atoms with van der Waals surface area (Å²) in [4.78, 5) is 9.90. The minimum absolute atomic E-state index is 0.315. The smallest absolute Gasteiger partial charge is 0.183 e. The van der Waals surface area contributed by atoms with E-state index < -0.39 is 5.60 Å². The van der Waals surface area contributed by atoms with Gasteiger partial charge in [0.05, 0.1) is 18.7 Å². The van der Waals surface area contributed by atoms with Crippen molar-refractivity contribution in [1.29, 1.82) is 5.26 Å². The lowest BCUT2D eigenvalue weighted by atomic mass is 9.91. The Labute approximate surface area is 88.0 Å². The first kappa shape index (κ1) is 9.87. The highest BCUT2D eigenvalue weighted by Crippen LogP contribution is 2.29. The quantitative estimate of drug-likeness (QED) is 0.750. The zero-order chi connectivity index (χ0) is 10.9. The molecule has 0 radical (unpaired) electrons. The largest absolute Gasteiger partial charge is 0.386 e. The number of aromatic nitrogens is 2. The van der Waals surface area contributed by atoms with Crippen LogP contribution in [0, 0.1) is 11.3 Å². The standard InChI is InChI=1S/C10H12N4O/c1-2-10(15)6-14(7-10)9-8(5-11)12-3-4-13-9/h3-4,15H,2,6-7H2,1H3. The van der Waals surface area contributed by atoms with Gasteiger partial charge in [0, 0.05) is 12.4 Å². The van der Waals surface area contributed by atoms with Crippen molar-refractivity contribution in [2.75, 3.05) is 18.0 Å². The lowest BCUT2D eigenvalue weighted by Crippen LogP contribution is -2.62. The van der Waals surface area contributed by atoms with Gasteiger partial charge in [-0.05, 0) is 6.42 Å². The molecule has 2 rings (SSSR count). The van der Waals surface area contributed by atoms with Gasteiger partial charge in [0.15, 0.2) is 11.5 Å². The number of rotatable bonds is 2. The second kappa shape index (κ2) is 3.48. The predicted octanol–water partition coefficient (Wildman–Crippen LogP) is 0.309. The summed E-state index contributed by atoms with van der Waals surface area (Å²) in [5.74, 6) is 0.568. The van der Waals surface area contributed by atoms with E-state index in [-0.39, 0.29) is 0 Å². The van der Waals surface area contributed by atoms with Gasteiger partial charge >= 0.3 is 0 Å². The van der Waals surface area contributed by atoms with Crippen LogP contribution < -0.4 is 4.90 Å². The number of anilines is 1. The summed E-state index contributed by atoms with van der Waals surface area (Å²) in [7, 11) is 0. The average Bonchev–Trinajstić information content (AvgIpc) is 2.25. The highest BCUT2D eigenvalue weighted by Gasteiger charge is 2.41. The van der Waals surface area contributed by atoms with Gasteiger partial charge in [-0.3, -0.25) is 0 Å². The molecule has 1 aromatic heterocycles. The Balaban J connectivity index is 2.17. The van der Waals surface area contributed by atoms with Gasteiger partial charge in [0.2, 0.25) is 0 Å². The molecule has 5 nitrogen and oxygen atoms in total. The number of hydrogen-bond donors (Lipinski definition) is 1. The van der Waals surface area contributed by atoms with Crippen LogP contribution in [0.25, 0.3) is 0 Å². The summed E-state index contributed by atoms with van der Waals surface area (Å²) in [6, 6.07) is 1.99. The molecule has 1 fully saturated rings. The van der Waals surface area contributed by atoms with Crippen LogP contribution >= 0.6 is 0 Å². The normalized spacial score (nSPS) is 18.1. The number of nitriles is 1. The molecule has 0 unspecified atom stereocenters. The van der Waals surface area contributed by atoms with Crippen molar-refractivity contribution in [3.63, 3.8) is 0 Å². The van der Waals surface area contributed by atoms with E-state index in [1.165, 1.54) is 6.20 Å². The Morgan fingerprint density at radius 1 is 1.53 bits per heavy atom. The monoisotopic (exact) mass is 204 g/mol. The summed E-state index contributed by atoms with van der Waals surface area (Å²) in [5.41, 5.74) is -0.305. The Morgan fingerprint density at radius 3 is 2.80 bits per heavy atom. The molecule has 1 aliphatic rings. The van der Waals surface area contributed by atoms with Gasteiger partial charge in [0.1, 0.15) is 6.07 Å². The van der Waals surface area contributed by atoms with Crippen LogP contribution in [0.2, 0.25) is 0 Å². The van der Waals surface area contributed by atoms with E-state index in [1.807, 2.05) is 17.9 Å². The molecule has 1 aliphatic heterocycles. The molecule has 0 amide bonds. The van der Waals surface area contributed by atoms with Gasteiger partial charge in [-0.25, -0.2) is 9.97 Å². The maximum Gasteiger partial charge on any atom is 0.183 e. The minimum Gasteiger partial charge on any atom is -0.386 e. The summed E-state index contributed by atoms with van der Waals surface area (Å²) >= 11 is 0. The third-order valence-electron chi connectivity index (χ3n) is 2.71. The van der Waals surface area contributed by atoms with E-state index in [2.05, 4.69) is 9.97 Å². The first-order valence-corrected chi connectivity index (χ1v) is 4.87. The molecule has 0 atom stereocenters. The van der Waals surface area contributed by atoms with E-state index in [0.717, 1.165) is 0 Å². The van der Waals surface area contributed by atoms with E-state index in [4.69, 9.17) is 5.26 Å². The first-order chi connectivity index (χ1) is 7.18. The number of aliphatic hydroxyl groups is 1. The third kappa shape index (κ3) is 1.64. The highest BCUT2D eigenvalue weighted by molar-refractivity contribution is 5.52. The van der Waals surface area contributed by atoms with Gasteiger partial charge in [-0.2, -0.15) is 5.26 Å². The van der Waals surface area contributed by atoms with Crippen molar-refractivity contribution >= 4 is 5.82 Å². The molecular weight excluding hydrogens is 192 g/mol. The Bertz CT molecular complexity index is 406. The fourth-order valence-corrected chi connectivity index (χ4v) is 1.68. The van der Waals surface area contributed by atoms with Crippen molar-refractivity contribution in [2.24, 2.45) is 0 Å². The van der Waals surface area contributed by atoms with Crippen LogP contribution in [-0.2, 0) is 0 Å². The lowest BCUT2D eigenvalue weighted by molar-refractivity contribution is 0.00800. The summed E-state index contributed by atoms with van der Waals surface area (Å²) in [5, 5.41) is 18.7. The lowest BCUT2D eigenvalue weighted by Gasteiger charge is -2.46. The molecule has 5 heteroatoms. The zero-order valence-electron chi connectivity index (χ0n) is 8.51. The first-order valence-electron chi connectivity index (χ1n) is 4.87. The molecule has 0 aliphatic carbocycles. The van der Waals surface area contributed by atoms with E-state index >= 15 is 0 Å². The Kier molecular flexibility index (Phi) is 2.29. The average molecular weight is 204 g/mol. The van der Waals surface area contributed by atoms with Crippen LogP contribution in [0.1, 0.15) is 19.0 Å². The van der Waals surface area contributed by atoms with Crippen LogP contribution in [0.4, 0.5) is 5.82 Å². The van der Waals surface area contributed by atoms with Crippen LogP contribution in [0.15, 0.2) is 12.4 Å². The number of hydrogen-bond acceptors (Lipinski definition) is 5. The zero-order valence-corrected chi connectivity index (χ0v) is 8.51. The second-order valence-corrected chi connectivity index (χ2v) is 3.77. The fourth-order valence-electron chi connectivity index (χ4n) is 1.68. The molecule has 1 saturated heterocycles. The van der Waals surface area contributed by atoms with E-state index in [0.29, 0.717) is 31.0 Å². The molecule has 1 aromatic rings. The second-order valence-electron chi connectivity index (χ2n) is 3.77. The van der Waals surface area contributed by atoms with Gasteiger partial charge in [0.25, 0.3) is 0 Å². The molecular formula is C10H12N4O. The molecule has 2 heterocycles. The van der Waals surface area contributed by atoms with Crippen LogP contribution in [-0.4, -0.2) is 33.8 Å². The van der Waals surface area contributed by atoms with Gasteiger partial charge in [-0.1, -0.05) is 6.92 Å². The van der Waals surface area contributed by atoms with Crippen molar-refractivity contribution in [3.05, 3.63) is 18.1 Å². The van der Waals surface area contributed by atoms with Gasteiger partial charge < -0.3 is 10.0 Å². The van der Waals surface area contributed by atoms with Crippen molar-refractivity contribution in [3.8, 4) is 6.07 Å².